The van der Waals surface area contributed by atoms with E-state index in [1.54, 1.807) is 4.68 Å². The van der Waals surface area contributed by atoms with Gasteiger partial charge in [-0.15, -0.1) is 0 Å². The fourth-order valence-corrected chi connectivity index (χ4v) is 2.65. The summed E-state index contributed by atoms with van der Waals surface area (Å²) in [6, 6.07) is 2.13. The van der Waals surface area contributed by atoms with Gasteiger partial charge in [0.05, 0.1) is 13.2 Å². The Morgan fingerprint density at radius 3 is 2.84 bits per heavy atom. The Morgan fingerprint density at radius 2 is 2.21 bits per heavy atom. The second-order valence-electron chi connectivity index (χ2n) is 5.13. The molecule has 0 atom stereocenters. The van der Waals surface area contributed by atoms with Crippen LogP contribution in [-0.4, -0.2) is 33.4 Å². The van der Waals surface area contributed by atoms with Crippen molar-refractivity contribution in [2.45, 2.75) is 58.0 Å². The van der Waals surface area contributed by atoms with Crippen LogP contribution >= 0.6 is 0 Å². The highest BCUT2D eigenvalue weighted by atomic mass is 16.3. The molecule has 19 heavy (non-hydrogen) atoms. The summed E-state index contributed by atoms with van der Waals surface area (Å²) in [5, 5.41) is 16.3. The van der Waals surface area contributed by atoms with E-state index in [1.807, 2.05) is 13.0 Å². The van der Waals surface area contributed by atoms with Crippen LogP contribution in [0.25, 0.3) is 0 Å². The Hall–Kier alpha value is -1.36. The summed E-state index contributed by atoms with van der Waals surface area (Å²) >= 11 is 0. The molecule has 1 saturated carbocycles. The van der Waals surface area contributed by atoms with Gasteiger partial charge >= 0.3 is 0 Å². The standard InChI is InChI=1S/C14H23N3O2/c1-2-12-10-13(16-17(12)8-9-18)14(19)15-11-6-4-3-5-7-11/h10-11,18H,2-9H2,1H3,(H,15,19). The number of aromatic nitrogens is 2. The summed E-state index contributed by atoms with van der Waals surface area (Å²) in [6.45, 7) is 2.51. The van der Waals surface area contributed by atoms with Crippen LogP contribution in [0, 0.1) is 0 Å². The van der Waals surface area contributed by atoms with Crippen LogP contribution in [0.3, 0.4) is 0 Å². The quantitative estimate of drug-likeness (QED) is 0.848. The number of carbonyl (C=O) groups is 1. The highest BCUT2D eigenvalue weighted by molar-refractivity contribution is 5.92. The smallest absolute Gasteiger partial charge is 0.272 e. The average Bonchev–Trinajstić information content (AvgIpc) is 2.83. The Morgan fingerprint density at radius 1 is 1.47 bits per heavy atom. The highest BCUT2D eigenvalue weighted by Crippen LogP contribution is 2.18. The first-order chi connectivity index (χ1) is 9.24. The molecule has 1 aromatic heterocycles. The van der Waals surface area contributed by atoms with Gasteiger partial charge in [0, 0.05) is 11.7 Å². The molecule has 0 aromatic carbocycles. The maximum Gasteiger partial charge on any atom is 0.272 e. The van der Waals surface area contributed by atoms with Crippen molar-refractivity contribution in [2.75, 3.05) is 6.61 Å². The van der Waals surface area contributed by atoms with E-state index in [4.69, 9.17) is 5.11 Å². The molecule has 0 unspecified atom stereocenters. The van der Waals surface area contributed by atoms with Crippen molar-refractivity contribution in [1.82, 2.24) is 15.1 Å². The average molecular weight is 265 g/mol. The van der Waals surface area contributed by atoms with Gasteiger partial charge in [-0.2, -0.15) is 5.10 Å². The molecule has 2 N–H and O–H groups in total. The van der Waals surface area contributed by atoms with Gasteiger partial charge in [-0.05, 0) is 25.3 Å². The number of nitrogens with one attached hydrogen (secondary N) is 1. The number of hydrogen-bond donors (Lipinski definition) is 2. The van der Waals surface area contributed by atoms with Crippen LogP contribution in [0.15, 0.2) is 6.07 Å². The summed E-state index contributed by atoms with van der Waals surface area (Å²) in [5.41, 5.74) is 1.46. The number of rotatable bonds is 5. The first-order valence-corrected chi connectivity index (χ1v) is 7.23. The van der Waals surface area contributed by atoms with Gasteiger partial charge in [0.2, 0.25) is 0 Å². The molecular formula is C14H23N3O2. The molecule has 1 aromatic rings. The van der Waals surface area contributed by atoms with Gasteiger partial charge in [-0.25, -0.2) is 0 Å². The third-order valence-corrected chi connectivity index (χ3v) is 3.71. The lowest BCUT2D eigenvalue weighted by molar-refractivity contribution is 0.0921. The second-order valence-corrected chi connectivity index (χ2v) is 5.13. The van der Waals surface area contributed by atoms with E-state index in [1.165, 1.54) is 19.3 Å². The molecule has 5 heteroatoms. The van der Waals surface area contributed by atoms with E-state index in [0.29, 0.717) is 18.3 Å². The van der Waals surface area contributed by atoms with Crippen LogP contribution < -0.4 is 5.32 Å². The lowest BCUT2D eigenvalue weighted by Gasteiger charge is -2.22. The normalized spacial score (nSPS) is 16.5. The predicted molar refractivity (Wildman–Crippen MR) is 73.0 cm³/mol. The number of aliphatic hydroxyl groups excluding tert-OH is 1. The first-order valence-electron chi connectivity index (χ1n) is 7.23. The third-order valence-electron chi connectivity index (χ3n) is 3.71. The zero-order valence-corrected chi connectivity index (χ0v) is 11.6. The van der Waals surface area contributed by atoms with Crippen molar-refractivity contribution in [3.8, 4) is 0 Å². The topological polar surface area (TPSA) is 67.2 Å². The largest absolute Gasteiger partial charge is 0.394 e. The van der Waals surface area contributed by atoms with Crippen LogP contribution in [0.1, 0.15) is 55.2 Å². The van der Waals surface area contributed by atoms with Gasteiger partial charge in [-0.3, -0.25) is 9.48 Å². The van der Waals surface area contributed by atoms with Gasteiger partial charge in [-0.1, -0.05) is 26.2 Å². The lowest BCUT2D eigenvalue weighted by atomic mass is 9.95. The SMILES string of the molecule is CCc1cc(C(=O)NC2CCCCC2)nn1CCO. The van der Waals surface area contributed by atoms with Crippen LogP contribution in [0.4, 0.5) is 0 Å². The van der Waals surface area contributed by atoms with E-state index >= 15 is 0 Å². The Labute approximate surface area is 114 Å². The second kappa shape index (κ2) is 6.70. The van der Waals surface area contributed by atoms with Crippen molar-refractivity contribution in [2.24, 2.45) is 0 Å². The monoisotopic (exact) mass is 265 g/mol. The van der Waals surface area contributed by atoms with Crippen molar-refractivity contribution in [3.63, 3.8) is 0 Å². The molecule has 1 amide bonds. The Balaban J connectivity index is 2.01. The number of amides is 1. The molecule has 0 aliphatic heterocycles. The molecule has 0 saturated heterocycles. The lowest BCUT2D eigenvalue weighted by Crippen LogP contribution is -2.36. The molecular weight excluding hydrogens is 242 g/mol. The predicted octanol–water partition coefficient (Wildman–Crippen LogP) is 1.50. The molecule has 1 fully saturated rings. The van der Waals surface area contributed by atoms with Crippen molar-refractivity contribution >= 4 is 5.91 Å². The van der Waals surface area contributed by atoms with E-state index < -0.39 is 0 Å². The van der Waals surface area contributed by atoms with Gasteiger partial charge in [0.1, 0.15) is 5.69 Å². The van der Waals surface area contributed by atoms with Crippen molar-refractivity contribution < 1.29 is 9.90 Å². The number of carbonyl (C=O) groups excluding carboxylic acids is 1. The minimum atomic E-state index is -0.0849. The van der Waals surface area contributed by atoms with Crippen LogP contribution in [-0.2, 0) is 13.0 Å². The fourth-order valence-electron chi connectivity index (χ4n) is 2.65. The molecule has 5 nitrogen and oxygen atoms in total. The van der Waals surface area contributed by atoms with Crippen LogP contribution in [0.2, 0.25) is 0 Å². The Bertz CT molecular complexity index is 422. The summed E-state index contributed by atoms with van der Waals surface area (Å²) in [6.07, 6.45) is 6.63. The molecule has 106 valence electrons. The van der Waals surface area contributed by atoms with Gasteiger partial charge < -0.3 is 10.4 Å². The first kappa shape index (κ1) is 14.1. The van der Waals surface area contributed by atoms with E-state index in [9.17, 15) is 4.79 Å². The summed E-state index contributed by atoms with van der Waals surface area (Å²) in [5.74, 6) is -0.0849. The molecule has 2 rings (SSSR count). The van der Waals surface area contributed by atoms with Gasteiger partial charge in [0.15, 0.2) is 0 Å². The highest BCUT2D eigenvalue weighted by Gasteiger charge is 2.19. The Kier molecular flexibility index (Phi) is 4.96. The van der Waals surface area contributed by atoms with Crippen LogP contribution in [0.5, 0.6) is 0 Å². The van der Waals surface area contributed by atoms with E-state index in [-0.39, 0.29) is 12.5 Å². The van der Waals surface area contributed by atoms with E-state index in [2.05, 4.69) is 10.4 Å². The van der Waals surface area contributed by atoms with Gasteiger partial charge in [0.25, 0.3) is 5.91 Å². The van der Waals surface area contributed by atoms with Crippen molar-refractivity contribution in [1.29, 1.82) is 0 Å². The number of hydrogen-bond acceptors (Lipinski definition) is 3. The molecule has 1 aliphatic rings. The zero-order valence-electron chi connectivity index (χ0n) is 11.6. The maximum absolute atomic E-state index is 12.1. The number of aliphatic hydroxyl groups is 1. The molecule has 1 aliphatic carbocycles. The molecule has 0 radical (unpaired) electrons. The maximum atomic E-state index is 12.1. The molecule has 0 bridgehead atoms. The molecule has 0 spiro atoms. The van der Waals surface area contributed by atoms with Crippen molar-refractivity contribution in [3.05, 3.63) is 17.5 Å². The minimum absolute atomic E-state index is 0.0400. The zero-order chi connectivity index (χ0) is 13.7. The number of aryl methyl sites for hydroxylation is 1. The summed E-state index contributed by atoms with van der Waals surface area (Å²) < 4.78 is 1.72. The minimum Gasteiger partial charge on any atom is -0.394 e. The summed E-state index contributed by atoms with van der Waals surface area (Å²) in [7, 11) is 0. The van der Waals surface area contributed by atoms with E-state index in [0.717, 1.165) is 25.0 Å². The fraction of sp³-hybridized carbons (Fsp3) is 0.714. The summed E-state index contributed by atoms with van der Waals surface area (Å²) in [4.78, 5) is 12.1. The molecule has 1 heterocycles. The number of nitrogens with zero attached hydrogens (tertiary/aromatic N) is 2. The third kappa shape index (κ3) is 3.56.